The van der Waals surface area contributed by atoms with Gasteiger partial charge >= 0.3 is 0 Å². The van der Waals surface area contributed by atoms with E-state index < -0.39 is 5.82 Å². The van der Waals surface area contributed by atoms with Crippen molar-refractivity contribution in [2.45, 2.75) is 12.2 Å². The first-order valence-corrected chi connectivity index (χ1v) is 15.7. The molecule has 45 heavy (non-hydrogen) atoms. The second-order valence-corrected chi connectivity index (χ2v) is 12.1. The highest BCUT2D eigenvalue weighted by molar-refractivity contribution is 8.00. The number of rotatable bonds is 5. The molecule has 3 aliphatic rings. The highest BCUT2D eigenvalue weighted by atomic mass is 32.2. The van der Waals surface area contributed by atoms with E-state index in [1.807, 2.05) is 48.5 Å². The van der Waals surface area contributed by atoms with E-state index in [0.717, 1.165) is 16.7 Å². The van der Waals surface area contributed by atoms with Gasteiger partial charge in [-0.05, 0) is 42.0 Å². The number of hydrogen-bond acceptors (Lipinski definition) is 7. The summed E-state index contributed by atoms with van der Waals surface area (Å²) in [6.45, 7) is 3.09. The third-order valence-electron chi connectivity index (χ3n) is 8.28. The van der Waals surface area contributed by atoms with Gasteiger partial charge < -0.3 is 19.3 Å². The molecule has 3 aromatic carbocycles. The molecule has 1 saturated heterocycles. The Kier molecular flexibility index (Phi) is 7.66. The smallest absolute Gasteiger partial charge is 0.242 e. The molecule has 0 unspecified atom stereocenters. The molecular weight excluding hydrogens is 597 g/mol. The van der Waals surface area contributed by atoms with Crippen LogP contribution in [0.1, 0.15) is 23.3 Å². The number of anilines is 1. The fourth-order valence-electron chi connectivity index (χ4n) is 5.94. The zero-order chi connectivity index (χ0) is 31.1. The minimum Gasteiger partial charge on any atom is -0.454 e. The van der Waals surface area contributed by atoms with E-state index >= 15 is 0 Å². The summed E-state index contributed by atoms with van der Waals surface area (Å²) in [6.07, 6.45) is 0. The van der Waals surface area contributed by atoms with Crippen molar-refractivity contribution in [3.05, 3.63) is 89.7 Å². The van der Waals surface area contributed by atoms with Crippen molar-refractivity contribution in [2.24, 2.45) is 0 Å². The van der Waals surface area contributed by atoms with Crippen molar-refractivity contribution in [3.8, 4) is 28.4 Å². The average molecular weight is 628 g/mol. The van der Waals surface area contributed by atoms with Crippen LogP contribution >= 0.6 is 11.8 Å². The van der Waals surface area contributed by atoms with E-state index in [1.54, 1.807) is 26.6 Å². The van der Waals surface area contributed by atoms with E-state index in [1.165, 1.54) is 35.7 Å². The molecule has 0 spiro atoms. The summed E-state index contributed by atoms with van der Waals surface area (Å²) in [5.74, 6) is 0.926. The van der Waals surface area contributed by atoms with Crippen LogP contribution in [0.15, 0.2) is 72.8 Å². The fourth-order valence-corrected chi connectivity index (χ4v) is 7.12. The molecule has 7 rings (SSSR count). The van der Waals surface area contributed by atoms with Gasteiger partial charge in [-0.2, -0.15) is 5.10 Å². The van der Waals surface area contributed by atoms with E-state index in [4.69, 9.17) is 14.6 Å². The van der Waals surface area contributed by atoms with Gasteiger partial charge in [-0.25, -0.2) is 9.07 Å². The molecule has 1 fully saturated rings. The second kappa shape index (κ2) is 11.9. The number of thioether (sulfide) groups is 1. The van der Waals surface area contributed by atoms with Gasteiger partial charge in [0.15, 0.2) is 11.5 Å². The van der Waals surface area contributed by atoms with Crippen LogP contribution < -0.4 is 14.4 Å². The van der Waals surface area contributed by atoms with E-state index in [2.05, 4.69) is 0 Å². The number of aromatic nitrogens is 2. The summed E-state index contributed by atoms with van der Waals surface area (Å²) >= 11 is 1.45. The van der Waals surface area contributed by atoms with Crippen LogP contribution in [0.2, 0.25) is 0 Å². The monoisotopic (exact) mass is 627 g/mol. The number of piperazine rings is 1. The molecule has 0 saturated carbocycles. The lowest BCUT2D eigenvalue weighted by atomic mass is 9.99. The first-order chi connectivity index (χ1) is 21.9. The molecule has 3 aliphatic heterocycles. The number of ether oxygens (including phenoxy) is 2. The van der Waals surface area contributed by atoms with Crippen molar-refractivity contribution >= 4 is 35.3 Å². The van der Waals surface area contributed by atoms with Crippen LogP contribution in [0.5, 0.6) is 11.5 Å². The molecule has 1 atom stereocenters. The Morgan fingerprint density at radius 2 is 1.64 bits per heavy atom. The zero-order valence-corrected chi connectivity index (χ0v) is 25.3. The molecular formula is C33H30FN5O5S. The largest absolute Gasteiger partial charge is 0.454 e. The van der Waals surface area contributed by atoms with Gasteiger partial charge in [0.25, 0.3) is 0 Å². The highest BCUT2D eigenvalue weighted by Gasteiger charge is 2.39. The maximum absolute atomic E-state index is 14.1. The van der Waals surface area contributed by atoms with Gasteiger partial charge in [0, 0.05) is 44.2 Å². The highest BCUT2D eigenvalue weighted by Crippen LogP contribution is 2.50. The summed E-state index contributed by atoms with van der Waals surface area (Å²) in [4.78, 5) is 44.6. The van der Waals surface area contributed by atoms with E-state index in [9.17, 15) is 18.8 Å². The predicted molar refractivity (Wildman–Crippen MR) is 167 cm³/mol. The number of nitrogens with zero attached hydrogens (tertiary/aromatic N) is 5. The number of carbonyl (C=O) groups is 3. The average Bonchev–Trinajstić information content (AvgIpc) is 3.66. The Morgan fingerprint density at radius 3 is 2.38 bits per heavy atom. The van der Waals surface area contributed by atoms with Crippen molar-refractivity contribution in [1.29, 1.82) is 0 Å². The summed E-state index contributed by atoms with van der Waals surface area (Å²) in [7, 11) is 0. The van der Waals surface area contributed by atoms with Gasteiger partial charge in [0.1, 0.15) is 18.2 Å². The number of fused-ring (bicyclic) bond motifs is 2. The Labute approximate surface area is 263 Å². The summed E-state index contributed by atoms with van der Waals surface area (Å²) in [5, 5.41) is 4.69. The van der Waals surface area contributed by atoms with Crippen molar-refractivity contribution < 1.29 is 28.2 Å². The van der Waals surface area contributed by atoms with Crippen molar-refractivity contribution in [1.82, 2.24) is 19.6 Å². The molecule has 0 bridgehead atoms. The Bertz CT molecular complexity index is 1770. The van der Waals surface area contributed by atoms with E-state index in [-0.39, 0.29) is 42.1 Å². The predicted octanol–water partition coefficient (Wildman–Crippen LogP) is 4.27. The van der Waals surface area contributed by atoms with Crippen molar-refractivity contribution in [2.75, 3.05) is 50.2 Å². The first kappa shape index (κ1) is 28.9. The number of amides is 3. The molecule has 230 valence electrons. The molecule has 0 radical (unpaired) electrons. The molecule has 1 aromatic heterocycles. The van der Waals surface area contributed by atoms with Crippen molar-refractivity contribution in [3.63, 3.8) is 0 Å². The quantitative estimate of drug-likeness (QED) is 0.326. The summed E-state index contributed by atoms with van der Waals surface area (Å²) in [6, 6.07) is 21.3. The lowest BCUT2D eigenvalue weighted by molar-refractivity contribution is -0.137. The standard InChI is InChI=1S/C33H30FN5O5S/c1-21(40)36-13-15-37(16-14-36)28(41)18-38-29(42)19-45-32(23-7-12-26-27(17-23)44-20-43-26)30-31(22-5-3-2-4-6-22)35-39(33(30)38)25-10-8-24(34)9-11-25/h2-12,17,32H,13-16,18-20H2,1H3/t32-/m0/s1. The second-order valence-electron chi connectivity index (χ2n) is 11.0. The molecule has 4 aromatic rings. The van der Waals surface area contributed by atoms with Gasteiger partial charge in [-0.3, -0.25) is 19.3 Å². The Hall–Kier alpha value is -4.84. The van der Waals surface area contributed by atoms with Crippen LogP contribution in [-0.2, 0) is 14.4 Å². The molecule has 0 N–H and O–H groups in total. The van der Waals surface area contributed by atoms with Crippen LogP contribution in [0.4, 0.5) is 10.2 Å². The first-order valence-electron chi connectivity index (χ1n) is 14.7. The van der Waals surface area contributed by atoms with Gasteiger partial charge in [-0.15, -0.1) is 11.8 Å². The van der Waals surface area contributed by atoms with Gasteiger partial charge in [0.2, 0.25) is 24.5 Å². The number of halogens is 1. The molecule has 10 nitrogen and oxygen atoms in total. The minimum atomic E-state index is -0.401. The topological polar surface area (TPSA) is 97.2 Å². The lowest BCUT2D eigenvalue weighted by Crippen LogP contribution is -2.53. The van der Waals surface area contributed by atoms with Crippen LogP contribution in [0, 0.1) is 5.82 Å². The Morgan fingerprint density at radius 1 is 0.933 bits per heavy atom. The van der Waals surface area contributed by atoms with Crippen LogP contribution in [-0.4, -0.2) is 82.6 Å². The number of benzene rings is 3. The minimum absolute atomic E-state index is 0.0299. The van der Waals surface area contributed by atoms with Crippen LogP contribution in [0.25, 0.3) is 16.9 Å². The van der Waals surface area contributed by atoms with Gasteiger partial charge in [-0.1, -0.05) is 36.4 Å². The van der Waals surface area contributed by atoms with E-state index in [0.29, 0.717) is 54.9 Å². The number of carbonyl (C=O) groups excluding carboxylic acids is 3. The molecule has 4 heterocycles. The molecule has 12 heteroatoms. The SMILES string of the molecule is CC(=O)N1CCN(C(=O)CN2C(=O)CS[C@@H](c3ccc4c(c3)OCO4)c3c(-c4ccccc4)nn(-c4ccc(F)cc4)c32)CC1. The lowest BCUT2D eigenvalue weighted by Gasteiger charge is -2.35. The van der Waals surface area contributed by atoms with Crippen LogP contribution in [0.3, 0.4) is 0 Å². The molecule has 0 aliphatic carbocycles. The molecule has 3 amide bonds. The Balaban J connectivity index is 1.38. The summed E-state index contributed by atoms with van der Waals surface area (Å²) in [5.41, 5.74) is 3.68. The third kappa shape index (κ3) is 5.50. The maximum atomic E-state index is 14.1. The maximum Gasteiger partial charge on any atom is 0.242 e. The summed E-state index contributed by atoms with van der Waals surface area (Å²) < 4.78 is 27.0. The normalized spacial score (nSPS) is 17.7. The zero-order valence-electron chi connectivity index (χ0n) is 24.5. The third-order valence-corrected chi connectivity index (χ3v) is 9.53. The fraction of sp³-hybridized carbons (Fsp3) is 0.273. The number of hydrogen-bond donors (Lipinski definition) is 0. The van der Waals surface area contributed by atoms with Gasteiger partial charge in [0.05, 0.1) is 22.4 Å².